The number of likely N-dealkylation sites (tertiary alicyclic amines) is 1. The summed E-state index contributed by atoms with van der Waals surface area (Å²) in [6.45, 7) is 1.98. The zero-order valence-corrected chi connectivity index (χ0v) is 15.8. The third-order valence-electron chi connectivity index (χ3n) is 5.63. The average molecular weight is 384 g/mol. The van der Waals surface area contributed by atoms with Crippen LogP contribution in [0.5, 0.6) is 5.75 Å². The molecule has 7 heteroatoms. The van der Waals surface area contributed by atoms with Crippen LogP contribution in [0.3, 0.4) is 0 Å². The van der Waals surface area contributed by atoms with Gasteiger partial charge in [-0.05, 0) is 68.7 Å². The molecule has 0 radical (unpaired) electrons. The van der Waals surface area contributed by atoms with Crippen LogP contribution in [0.25, 0.3) is 11.0 Å². The summed E-state index contributed by atoms with van der Waals surface area (Å²) in [6, 6.07) is 2.73. The lowest BCUT2D eigenvalue weighted by Gasteiger charge is -2.25. The molecule has 148 valence electrons. The Morgan fingerprint density at radius 1 is 1.21 bits per heavy atom. The van der Waals surface area contributed by atoms with Crippen molar-refractivity contribution >= 4 is 22.8 Å². The Kier molecular flexibility index (Phi) is 4.83. The van der Waals surface area contributed by atoms with E-state index in [0.717, 1.165) is 35.8 Å². The second-order valence-electron chi connectivity index (χ2n) is 7.54. The van der Waals surface area contributed by atoms with Gasteiger partial charge in [0, 0.05) is 12.1 Å². The molecule has 1 amide bonds. The lowest BCUT2D eigenvalue weighted by molar-refractivity contribution is -0.310. The number of carboxylic acids is 1. The van der Waals surface area contributed by atoms with E-state index in [0.29, 0.717) is 42.7 Å². The topological polar surface area (TPSA) is 99.9 Å². The van der Waals surface area contributed by atoms with E-state index < -0.39 is 12.0 Å². The third-order valence-corrected chi connectivity index (χ3v) is 5.63. The maximum atomic E-state index is 12.5. The zero-order valence-electron chi connectivity index (χ0n) is 15.8. The van der Waals surface area contributed by atoms with E-state index in [1.807, 2.05) is 13.0 Å². The Bertz CT molecular complexity index is 1010. The lowest BCUT2D eigenvalue weighted by Crippen LogP contribution is -2.48. The summed E-state index contributed by atoms with van der Waals surface area (Å²) < 4.78 is 11.4. The molecule has 0 N–H and O–H groups in total. The number of amides is 1. The van der Waals surface area contributed by atoms with Gasteiger partial charge in [0.1, 0.15) is 11.3 Å². The molecule has 0 saturated carbocycles. The van der Waals surface area contributed by atoms with Crippen LogP contribution in [0.2, 0.25) is 0 Å². The highest BCUT2D eigenvalue weighted by molar-refractivity contribution is 5.89. The van der Waals surface area contributed by atoms with Crippen molar-refractivity contribution in [2.45, 2.75) is 51.5 Å². The zero-order chi connectivity index (χ0) is 19.8. The van der Waals surface area contributed by atoms with E-state index >= 15 is 0 Å². The van der Waals surface area contributed by atoms with Crippen LogP contribution in [0, 0.1) is 6.92 Å². The van der Waals surface area contributed by atoms with Crippen molar-refractivity contribution in [3.05, 3.63) is 39.2 Å². The van der Waals surface area contributed by atoms with E-state index in [2.05, 4.69) is 0 Å². The van der Waals surface area contributed by atoms with E-state index in [4.69, 9.17) is 9.15 Å². The number of aryl methyl sites for hydroxylation is 2. The number of hydrogen-bond acceptors (Lipinski definition) is 6. The van der Waals surface area contributed by atoms with Gasteiger partial charge in [0.25, 0.3) is 5.91 Å². The van der Waals surface area contributed by atoms with Gasteiger partial charge in [-0.1, -0.05) is 0 Å². The molecule has 0 unspecified atom stereocenters. The molecular weight excluding hydrogens is 362 g/mol. The molecule has 2 aliphatic rings. The first-order valence-electron chi connectivity index (χ1n) is 9.68. The minimum absolute atomic E-state index is 0.268. The molecule has 7 nitrogen and oxygen atoms in total. The van der Waals surface area contributed by atoms with Crippen LogP contribution in [0.1, 0.15) is 42.4 Å². The number of rotatable bonds is 4. The summed E-state index contributed by atoms with van der Waals surface area (Å²) >= 11 is 0. The minimum Gasteiger partial charge on any atom is -0.548 e. The highest BCUT2D eigenvalue weighted by Crippen LogP contribution is 2.34. The van der Waals surface area contributed by atoms with E-state index in [9.17, 15) is 19.5 Å². The summed E-state index contributed by atoms with van der Waals surface area (Å²) in [4.78, 5) is 37.4. The Morgan fingerprint density at radius 2 is 1.96 bits per heavy atom. The van der Waals surface area contributed by atoms with E-state index in [-0.39, 0.29) is 18.1 Å². The molecular formula is C21H22NO6-. The van der Waals surface area contributed by atoms with Gasteiger partial charge in [-0.2, -0.15) is 0 Å². The second-order valence-corrected chi connectivity index (χ2v) is 7.54. The SMILES string of the molecule is Cc1cc(OCC(=O)N2CCC[C@@H]2C(=O)[O-])c2c3c(c(=O)oc2c1)CCCC3. The number of ether oxygens (including phenoxy) is 1. The largest absolute Gasteiger partial charge is 0.548 e. The molecule has 1 saturated heterocycles. The molecule has 4 rings (SSSR count). The van der Waals surface area contributed by atoms with E-state index in [1.54, 1.807) is 6.07 Å². The fraction of sp³-hybridized carbons (Fsp3) is 0.476. The molecule has 1 fully saturated rings. The summed E-state index contributed by atoms with van der Waals surface area (Å²) in [7, 11) is 0. The average Bonchev–Trinajstić information content (AvgIpc) is 3.16. The molecule has 1 aromatic carbocycles. The number of fused-ring (bicyclic) bond motifs is 3. The first kappa shape index (κ1) is 18.5. The highest BCUT2D eigenvalue weighted by atomic mass is 16.5. The smallest absolute Gasteiger partial charge is 0.339 e. The van der Waals surface area contributed by atoms with Crippen molar-refractivity contribution in [3.8, 4) is 5.75 Å². The predicted molar refractivity (Wildman–Crippen MR) is 99.1 cm³/mol. The summed E-state index contributed by atoms with van der Waals surface area (Å²) in [5.41, 5.74) is 2.64. The van der Waals surface area contributed by atoms with Crippen molar-refractivity contribution in [3.63, 3.8) is 0 Å². The Hall–Kier alpha value is -2.83. The van der Waals surface area contributed by atoms with E-state index in [1.165, 1.54) is 4.90 Å². The normalized spacial score (nSPS) is 18.9. The maximum absolute atomic E-state index is 12.5. The van der Waals surface area contributed by atoms with Crippen molar-refractivity contribution in [2.24, 2.45) is 0 Å². The van der Waals surface area contributed by atoms with Gasteiger partial charge in [0.2, 0.25) is 0 Å². The van der Waals surface area contributed by atoms with Crippen molar-refractivity contribution in [2.75, 3.05) is 13.2 Å². The molecule has 0 spiro atoms. The van der Waals surface area contributed by atoms with Crippen LogP contribution in [-0.4, -0.2) is 36.0 Å². The van der Waals surface area contributed by atoms with Crippen LogP contribution in [0.15, 0.2) is 21.3 Å². The van der Waals surface area contributed by atoms with Gasteiger partial charge < -0.3 is 24.0 Å². The predicted octanol–water partition coefficient (Wildman–Crippen LogP) is 1.10. The van der Waals surface area contributed by atoms with Crippen LogP contribution >= 0.6 is 0 Å². The summed E-state index contributed by atoms with van der Waals surface area (Å²) in [6.07, 6.45) is 4.42. The lowest BCUT2D eigenvalue weighted by atomic mass is 9.90. The molecule has 2 aromatic rings. The third kappa shape index (κ3) is 3.25. The monoisotopic (exact) mass is 384 g/mol. The molecule has 1 aliphatic carbocycles. The first-order valence-corrected chi connectivity index (χ1v) is 9.68. The number of hydrogen-bond donors (Lipinski definition) is 0. The highest BCUT2D eigenvalue weighted by Gasteiger charge is 2.30. The first-order chi connectivity index (χ1) is 13.5. The molecule has 1 atom stereocenters. The fourth-order valence-corrected chi connectivity index (χ4v) is 4.31. The second kappa shape index (κ2) is 7.30. The molecule has 0 bridgehead atoms. The number of aliphatic carboxylic acids is 1. The Labute approximate surface area is 161 Å². The maximum Gasteiger partial charge on any atom is 0.339 e. The molecule has 1 aliphatic heterocycles. The van der Waals surface area contributed by atoms with Gasteiger partial charge in [0.05, 0.1) is 17.4 Å². The number of carboxylic acid groups (broad SMARTS) is 1. The van der Waals surface area contributed by atoms with Gasteiger partial charge in [-0.15, -0.1) is 0 Å². The number of nitrogens with zero attached hydrogens (tertiary/aromatic N) is 1. The fourth-order valence-electron chi connectivity index (χ4n) is 4.31. The standard InChI is InChI=1S/C21H23NO6/c1-12-9-16(27-11-18(23)22-8-4-7-15(22)20(24)25)19-13-5-2-3-6-14(13)21(26)28-17(19)10-12/h9-10,15H,2-8,11H2,1H3,(H,24,25)/p-1/t15-/m1/s1. The van der Waals surface area contributed by atoms with Crippen molar-refractivity contribution < 1.29 is 23.8 Å². The van der Waals surface area contributed by atoms with Crippen LogP contribution in [-0.2, 0) is 22.4 Å². The van der Waals surface area contributed by atoms with Gasteiger partial charge >= 0.3 is 5.63 Å². The molecule has 1 aromatic heterocycles. The summed E-state index contributed by atoms with van der Waals surface area (Å²) in [5.74, 6) is -1.12. The number of carbonyl (C=O) groups is 2. The van der Waals surface area contributed by atoms with Crippen molar-refractivity contribution in [1.82, 2.24) is 4.90 Å². The van der Waals surface area contributed by atoms with Gasteiger partial charge in [-0.3, -0.25) is 4.79 Å². The Balaban J connectivity index is 1.66. The van der Waals surface area contributed by atoms with Gasteiger partial charge in [0.15, 0.2) is 6.61 Å². The quantitative estimate of drug-likeness (QED) is 0.732. The summed E-state index contributed by atoms with van der Waals surface area (Å²) in [5, 5.41) is 12.0. The van der Waals surface area contributed by atoms with Crippen molar-refractivity contribution in [1.29, 1.82) is 0 Å². The van der Waals surface area contributed by atoms with Crippen LogP contribution < -0.4 is 15.5 Å². The number of benzene rings is 1. The van der Waals surface area contributed by atoms with Crippen LogP contribution in [0.4, 0.5) is 0 Å². The molecule has 2 heterocycles. The number of carbonyl (C=O) groups excluding carboxylic acids is 2. The van der Waals surface area contributed by atoms with Gasteiger partial charge in [-0.25, -0.2) is 4.79 Å². The Morgan fingerprint density at radius 3 is 2.71 bits per heavy atom. The molecule has 28 heavy (non-hydrogen) atoms. The minimum atomic E-state index is -1.23.